The molecule has 0 bridgehead atoms. The van der Waals surface area contributed by atoms with Crippen LogP contribution in [-0.4, -0.2) is 12.6 Å². The van der Waals surface area contributed by atoms with Crippen molar-refractivity contribution in [3.8, 4) is 0 Å². The van der Waals surface area contributed by atoms with Crippen molar-refractivity contribution in [3.63, 3.8) is 0 Å². The van der Waals surface area contributed by atoms with Crippen molar-refractivity contribution < 1.29 is 17.6 Å². The lowest BCUT2D eigenvalue weighted by molar-refractivity contribution is -0.140. The first-order valence-electron chi connectivity index (χ1n) is 6.13. The van der Waals surface area contributed by atoms with Gasteiger partial charge in [0, 0.05) is 6.04 Å². The monoisotopic (exact) mass is 275 g/mol. The molecule has 0 aliphatic carbocycles. The molecule has 1 rings (SSSR count). The van der Waals surface area contributed by atoms with Gasteiger partial charge in [-0.05, 0) is 37.6 Å². The Bertz CT molecular complexity index is 438. The smallest absolute Gasteiger partial charge is 0.311 e. The maximum atomic E-state index is 13.1. The van der Waals surface area contributed by atoms with Gasteiger partial charge in [0.25, 0.3) is 0 Å². The zero-order chi connectivity index (χ0) is 14.5. The van der Waals surface area contributed by atoms with E-state index in [9.17, 15) is 17.6 Å². The molecule has 0 spiro atoms. The summed E-state index contributed by atoms with van der Waals surface area (Å²) in [7, 11) is 0. The average molecular weight is 275 g/mol. The van der Waals surface area contributed by atoms with Gasteiger partial charge in [0.15, 0.2) is 0 Å². The minimum absolute atomic E-state index is 0.0549. The molecular weight excluding hydrogens is 258 g/mol. The van der Waals surface area contributed by atoms with E-state index >= 15 is 0 Å². The molecule has 1 atom stereocenters. The minimum Gasteiger partial charge on any atom is -0.311 e. The van der Waals surface area contributed by atoms with Gasteiger partial charge in [-0.2, -0.15) is 13.2 Å². The predicted octanol–water partition coefficient (Wildman–Crippen LogP) is 4.25. The van der Waals surface area contributed by atoms with Crippen LogP contribution in [0, 0.1) is 5.82 Å². The van der Waals surface area contributed by atoms with E-state index in [1.54, 1.807) is 12.2 Å². The van der Waals surface area contributed by atoms with Crippen molar-refractivity contribution in [2.24, 2.45) is 0 Å². The van der Waals surface area contributed by atoms with Gasteiger partial charge in [0.2, 0.25) is 0 Å². The summed E-state index contributed by atoms with van der Waals surface area (Å²) < 4.78 is 50.6. The zero-order valence-corrected chi connectivity index (χ0v) is 10.9. The molecule has 0 saturated heterocycles. The highest BCUT2D eigenvalue weighted by Gasteiger charge is 2.33. The standard InChI is InChI=1S/C14H17F4N/c1-3-8-19-10(2)4-5-11-6-7-13(15)12(9-11)14(16,17)18/h4-7,9-10,19H,3,8H2,1-2H3/b5-4+. The van der Waals surface area contributed by atoms with Crippen LogP contribution in [0.5, 0.6) is 0 Å². The SMILES string of the molecule is CCCNC(C)/C=C/c1ccc(F)c(C(F)(F)F)c1. The van der Waals surface area contributed by atoms with Gasteiger partial charge < -0.3 is 5.32 Å². The topological polar surface area (TPSA) is 12.0 Å². The normalized spacial score (nSPS) is 14.0. The van der Waals surface area contributed by atoms with E-state index in [4.69, 9.17) is 0 Å². The lowest BCUT2D eigenvalue weighted by Crippen LogP contribution is -2.24. The predicted molar refractivity (Wildman–Crippen MR) is 68.2 cm³/mol. The summed E-state index contributed by atoms with van der Waals surface area (Å²) in [6, 6.07) is 3.04. The highest BCUT2D eigenvalue weighted by molar-refractivity contribution is 5.51. The van der Waals surface area contributed by atoms with Gasteiger partial charge >= 0.3 is 6.18 Å². The molecule has 19 heavy (non-hydrogen) atoms. The van der Waals surface area contributed by atoms with E-state index in [0.717, 1.165) is 25.1 Å². The van der Waals surface area contributed by atoms with E-state index in [2.05, 4.69) is 5.32 Å². The van der Waals surface area contributed by atoms with Crippen LogP contribution >= 0.6 is 0 Å². The zero-order valence-electron chi connectivity index (χ0n) is 10.9. The molecule has 0 aromatic heterocycles. The van der Waals surface area contributed by atoms with E-state index in [1.165, 1.54) is 6.07 Å². The number of alkyl halides is 3. The van der Waals surface area contributed by atoms with Crippen LogP contribution in [0.4, 0.5) is 17.6 Å². The van der Waals surface area contributed by atoms with Gasteiger partial charge in [-0.25, -0.2) is 4.39 Å². The summed E-state index contributed by atoms with van der Waals surface area (Å²) in [5, 5.41) is 3.18. The first kappa shape index (κ1) is 15.7. The Kier molecular flexibility index (Phi) is 5.54. The summed E-state index contributed by atoms with van der Waals surface area (Å²) in [6.07, 6.45) is -0.377. The second kappa shape index (κ2) is 6.70. The Hall–Kier alpha value is -1.36. The highest BCUT2D eigenvalue weighted by Crippen LogP contribution is 2.32. The molecule has 106 valence electrons. The van der Waals surface area contributed by atoms with Gasteiger partial charge in [0.05, 0.1) is 5.56 Å². The third-order valence-electron chi connectivity index (χ3n) is 2.59. The summed E-state index contributed by atoms with van der Waals surface area (Å²) in [5.74, 6) is -1.25. The Labute approximate surface area is 110 Å². The van der Waals surface area contributed by atoms with Crippen LogP contribution in [0.15, 0.2) is 24.3 Å². The van der Waals surface area contributed by atoms with E-state index in [1.807, 2.05) is 13.8 Å². The fourth-order valence-electron chi connectivity index (χ4n) is 1.56. The molecule has 0 aliphatic rings. The van der Waals surface area contributed by atoms with Gasteiger partial charge in [-0.3, -0.25) is 0 Å². The van der Waals surface area contributed by atoms with Crippen molar-refractivity contribution in [2.75, 3.05) is 6.54 Å². The van der Waals surface area contributed by atoms with Gasteiger partial charge in [-0.15, -0.1) is 0 Å². The van der Waals surface area contributed by atoms with Crippen molar-refractivity contribution in [1.82, 2.24) is 5.32 Å². The Morgan fingerprint density at radius 1 is 1.32 bits per heavy atom. The molecule has 0 aliphatic heterocycles. The second-order valence-corrected chi connectivity index (χ2v) is 4.34. The van der Waals surface area contributed by atoms with Crippen LogP contribution < -0.4 is 5.32 Å². The first-order valence-corrected chi connectivity index (χ1v) is 6.13. The number of hydrogen-bond acceptors (Lipinski definition) is 1. The first-order chi connectivity index (χ1) is 8.84. The maximum Gasteiger partial charge on any atom is 0.419 e. The van der Waals surface area contributed by atoms with Crippen LogP contribution in [0.25, 0.3) is 6.08 Å². The second-order valence-electron chi connectivity index (χ2n) is 4.34. The molecule has 0 fully saturated rings. The molecule has 1 nitrogen and oxygen atoms in total. The highest BCUT2D eigenvalue weighted by atomic mass is 19.4. The fourth-order valence-corrected chi connectivity index (χ4v) is 1.56. The molecule has 1 unspecified atom stereocenters. The van der Waals surface area contributed by atoms with Crippen molar-refractivity contribution in [1.29, 1.82) is 0 Å². The molecule has 0 heterocycles. The third kappa shape index (κ3) is 5.03. The molecular formula is C14H17F4N. The number of hydrogen-bond donors (Lipinski definition) is 1. The average Bonchev–Trinajstić information content (AvgIpc) is 2.34. The maximum absolute atomic E-state index is 13.1. The molecule has 5 heteroatoms. The molecule has 1 N–H and O–H groups in total. The lowest BCUT2D eigenvalue weighted by atomic mass is 10.1. The van der Waals surface area contributed by atoms with Crippen molar-refractivity contribution >= 4 is 6.08 Å². The number of benzene rings is 1. The fraction of sp³-hybridized carbons (Fsp3) is 0.429. The molecule has 1 aromatic rings. The largest absolute Gasteiger partial charge is 0.419 e. The van der Waals surface area contributed by atoms with Crippen LogP contribution in [0.3, 0.4) is 0 Å². The summed E-state index contributed by atoms with van der Waals surface area (Å²) in [5.41, 5.74) is -0.900. The summed E-state index contributed by atoms with van der Waals surface area (Å²) >= 11 is 0. The van der Waals surface area contributed by atoms with Crippen LogP contribution in [0.2, 0.25) is 0 Å². The van der Waals surface area contributed by atoms with E-state index in [-0.39, 0.29) is 6.04 Å². The molecule has 0 amide bonds. The summed E-state index contributed by atoms with van der Waals surface area (Å²) in [6.45, 7) is 4.77. The minimum atomic E-state index is -4.67. The van der Waals surface area contributed by atoms with Crippen LogP contribution in [-0.2, 0) is 6.18 Å². The molecule has 1 aromatic carbocycles. The van der Waals surface area contributed by atoms with E-state index < -0.39 is 17.6 Å². The Morgan fingerprint density at radius 2 is 2.00 bits per heavy atom. The van der Waals surface area contributed by atoms with Crippen LogP contribution in [0.1, 0.15) is 31.4 Å². The quantitative estimate of drug-likeness (QED) is 0.792. The molecule has 0 radical (unpaired) electrons. The van der Waals surface area contributed by atoms with Crippen molar-refractivity contribution in [3.05, 3.63) is 41.2 Å². The Balaban J connectivity index is 2.83. The van der Waals surface area contributed by atoms with Crippen molar-refractivity contribution in [2.45, 2.75) is 32.5 Å². The third-order valence-corrected chi connectivity index (χ3v) is 2.59. The summed E-state index contributed by atoms with van der Waals surface area (Å²) in [4.78, 5) is 0. The van der Waals surface area contributed by atoms with Gasteiger partial charge in [-0.1, -0.05) is 25.1 Å². The van der Waals surface area contributed by atoms with E-state index in [0.29, 0.717) is 5.56 Å². The number of rotatable bonds is 5. The number of nitrogens with one attached hydrogen (secondary N) is 1. The number of halogens is 4. The van der Waals surface area contributed by atoms with Gasteiger partial charge in [0.1, 0.15) is 5.82 Å². The Morgan fingerprint density at radius 3 is 2.58 bits per heavy atom. The lowest BCUT2D eigenvalue weighted by Gasteiger charge is -2.10. The molecule has 0 saturated carbocycles.